The average Bonchev–Trinajstić information content (AvgIpc) is 2.41. The molecule has 0 nitrogen and oxygen atoms in total. The van der Waals surface area contributed by atoms with Crippen molar-refractivity contribution in [2.45, 2.75) is 6.92 Å². The predicted molar refractivity (Wildman–Crippen MR) is 73.4 cm³/mol. The molecule has 0 radical (unpaired) electrons. The Bertz CT molecular complexity index is 551. The highest BCUT2D eigenvalue weighted by Gasteiger charge is 1.90. The molecule has 0 saturated carbocycles. The first-order chi connectivity index (χ1) is 8.36. The van der Waals surface area contributed by atoms with Crippen LogP contribution in [0.1, 0.15) is 18.1 Å². The van der Waals surface area contributed by atoms with Gasteiger partial charge in [-0.3, -0.25) is 0 Å². The van der Waals surface area contributed by atoms with Crippen LogP contribution in [0.15, 0.2) is 66.7 Å². The zero-order valence-electron chi connectivity index (χ0n) is 9.85. The molecule has 0 aliphatic carbocycles. The van der Waals surface area contributed by atoms with Crippen LogP contribution >= 0.6 is 0 Å². The van der Waals surface area contributed by atoms with Gasteiger partial charge in [-0.05, 0) is 36.3 Å². The molecule has 2 aromatic rings. The van der Waals surface area contributed by atoms with Gasteiger partial charge in [0, 0.05) is 5.56 Å². The van der Waals surface area contributed by atoms with Gasteiger partial charge in [-0.2, -0.15) is 0 Å². The van der Waals surface area contributed by atoms with E-state index in [1.165, 1.54) is 11.1 Å². The van der Waals surface area contributed by atoms with E-state index in [0.717, 1.165) is 5.56 Å². The molecule has 0 amide bonds. The minimum absolute atomic E-state index is 1.05. The Labute approximate surface area is 103 Å². The Hall–Kier alpha value is -2.26. The van der Waals surface area contributed by atoms with Gasteiger partial charge in [0.2, 0.25) is 0 Å². The fourth-order valence-electron chi connectivity index (χ4n) is 1.53. The van der Waals surface area contributed by atoms with Crippen molar-refractivity contribution in [1.29, 1.82) is 0 Å². The van der Waals surface area contributed by atoms with Crippen LogP contribution in [-0.2, 0) is 0 Å². The Morgan fingerprint density at radius 1 is 0.882 bits per heavy atom. The Kier molecular flexibility index (Phi) is 3.78. The number of hydrogen-bond donors (Lipinski definition) is 0. The molecule has 2 rings (SSSR count). The molecule has 17 heavy (non-hydrogen) atoms. The summed E-state index contributed by atoms with van der Waals surface area (Å²) < 4.78 is 0. The van der Waals surface area contributed by atoms with Crippen LogP contribution in [0.2, 0.25) is 0 Å². The van der Waals surface area contributed by atoms with Gasteiger partial charge in [0.15, 0.2) is 0 Å². The van der Waals surface area contributed by atoms with Crippen LogP contribution in [0.5, 0.6) is 0 Å². The Morgan fingerprint density at radius 3 is 2.12 bits per heavy atom. The first kappa shape index (κ1) is 11.2. The molecule has 0 aliphatic heterocycles. The van der Waals surface area contributed by atoms with Crippen LogP contribution in [0, 0.1) is 11.8 Å². The zero-order valence-corrected chi connectivity index (χ0v) is 9.85. The van der Waals surface area contributed by atoms with Crippen molar-refractivity contribution in [3.05, 3.63) is 77.9 Å². The van der Waals surface area contributed by atoms with Gasteiger partial charge in [-0.25, -0.2) is 0 Å². The largest absolute Gasteiger partial charge is 0.0693 e. The summed E-state index contributed by atoms with van der Waals surface area (Å²) in [7, 11) is 0. The lowest BCUT2D eigenvalue weighted by atomic mass is 10.1. The SMILES string of the molecule is CC(=CC#Cc1ccccc1)c1ccccc1. The summed E-state index contributed by atoms with van der Waals surface area (Å²) in [4.78, 5) is 0. The first-order valence-electron chi connectivity index (χ1n) is 5.65. The van der Waals surface area contributed by atoms with Gasteiger partial charge in [0.25, 0.3) is 0 Å². The van der Waals surface area contributed by atoms with Gasteiger partial charge in [-0.1, -0.05) is 60.4 Å². The molecule has 0 aromatic heterocycles. The third-order valence-corrected chi connectivity index (χ3v) is 2.51. The zero-order chi connectivity index (χ0) is 11.9. The van der Waals surface area contributed by atoms with Crippen molar-refractivity contribution in [2.24, 2.45) is 0 Å². The van der Waals surface area contributed by atoms with Crippen molar-refractivity contribution < 1.29 is 0 Å². The van der Waals surface area contributed by atoms with Crippen molar-refractivity contribution in [2.75, 3.05) is 0 Å². The molecule has 0 unspecified atom stereocenters. The lowest BCUT2D eigenvalue weighted by molar-refractivity contribution is 1.57. The minimum Gasteiger partial charge on any atom is -0.0693 e. The van der Waals surface area contributed by atoms with Crippen molar-refractivity contribution in [3.63, 3.8) is 0 Å². The summed E-state index contributed by atoms with van der Waals surface area (Å²) in [6, 6.07) is 20.3. The van der Waals surface area contributed by atoms with Gasteiger partial charge < -0.3 is 0 Å². The third-order valence-electron chi connectivity index (χ3n) is 2.51. The maximum atomic E-state index is 3.12. The van der Waals surface area contributed by atoms with Crippen molar-refractivity contribution in [3.8, 4) is 11.8 Å². The molecule has 2 aromatic carbocycles. The minimum atomic E-state index is 1.05. The summed E-state index contributed by atoms with van der Waals surface area (Å²) in [6.07, 6.45) is 1.96. The summed E-state index contributed by atoms with van der Waals surface area (Å²) in [5, 5.41) is 0. The molecular weight excluding hydrogens is 204 g/mol. The van der Waals surface area contributed by atoms with Gasteiger partial charge in [0.05, 0.1) is 0 Å². The predicted octanol–water partition coefficient (Wildman–Crippen LogP) is 4.14. The fourth-order valence-corrected chi connectivity index (χ4v) is 1.53. The van der Waals surface area contributed by atoms with Gasteiger partial charge in [0.1, 0.15) is 0 Å². The molecule has 0 spiro atoms. The molecule has 0 heterocycles. The molecule has 0 N–H and O–H groups in total. The second-order valence-corrected chi connectivity index (χ2v) is 3.83. The molecule has 0 fully saturated rings. The first-order valence-corrected chi connectivity index (χ1v) is 5.65. The fraction of sp³-hybridized carbons (Fsp3) is 0.0588. The van der Waals surface area contributed by atoms with E-state index >= 15 is 0 Å². The summed E-state index contributed by atoms with van der Waals surface area (Å²) in [5.74, 6) is 6.21. The monoisotopic (exact) mass is 218 g/mol. The lowest BCUT2D eigenvalue weighted by Gasteiger charge is -1.97. The third kappa shape index (κ3) is 3.36. The van der Waals surface area contributed by atoms with Gasteiger partial charge in [-0.15, -0.1) is 0 Å². The van der Waals surface area contributed by atoms with E-state index in [1.807, 2.05) is 54.6 Å². The van der Waals surface area contributed by atoms with E-state index in [2.05, 4.69) is 30.9 Å². The topological polar surface area (TPSA) is 0 Å². The van der Waals surface area contributed by atoms with Crippen molar-refractivity contribution >= 4 is 5.57 Å². The van der Waals surface area contributed by atoms with Crippen LogP contribution in [0.3, 0.4) is 0 Å². The van der Waals surface area contributed by atoms with Crippen molar-refractivity contribution in [1.82, 2.24) is 0 Å². The number of hydrogen-bond acceptors (Lipinski definition) is 0. The molecule has 0 atom stereocenters. The van der Waals surface area contributed by atoms with E-state index < -0.39 is 0 Å². The maximum absolute atomic E-state index is 3.12. The summed E-state index contributed by atoms with van der Waals surface area (Å²) >= 11 is 0. The van der Waals surface area contributed by atoms with Crippen LogP contribution in [0.4, 0.5) is 0 Å². The molecule has 0 saturated heterocycles. The molecular formula is C17H14. The van der Waals surface area contributed by atoms with E-state index in [9.17, 15) is 0 Å². The van der Waals surface area contributed by atoms with E-state index in [1.54, 1.807) is 0 Å². The van der Waals surface area contributed by atoms with Crippen LogP contribution in [0.25, 0.3) is 5.57 Å². The number of benzene rings is 2. The second kappa shape index (κ2) is 5.72. The van der Waals surface area contributed by atoms with E-state index in [0.29, 0.717) is 0 Å². The van der Waals surface area contributed by atoms with E-state index in [-0.39, 0.29) is 0 Å². The standard InChI is InChI=1S/C17H14/c1-15(17-13-6-3-7-14-17)9-8-12-16-10-4-2-5-11-16/h2-7,9-11,13-14H,1H3. The van der Waals surface area contributed by atoms with Crippen LogP contribution < -0.4 is 0 Å². The smallest absolute Gasteiger partial charge is 0.0248 e. The second-order valence-electron chi connectivity index (χ2n) is 3.83. The Morgan fingerprint density at radius 2 is 1.47 bits per heavy atom. The number of allylic oxidation sites excluding steroid dienone is 2. The molecule has 0 aliphatic rings. The highest BCUT2D eigenvalue weighted by atomic mass is 14.0. The molecule has 0 bridgehead atoms. The molecule has 82 valence electrons. The highest BCUT2D eigenvalue weighted by molar-refractivity contribution is 5.66. The van der Waals surface area contributed by atoms with Gasteiger partial charge >= 0.3 is 0 Å². The van der Waals surface area contributed by atoms with Crippen LogP contribution in [-0.4, -0.2) is 0 Å². The normalized spacial score (nSPS) is 10.5. The maximum Gasteiger partial charge on any atom is 0.0248 e. The summed E-state index contributed by atoms with van der Waals surface area (Å²) in [6.45, 7) is 2.08. The highest BCUT2D eigenvalue weighted by Crippen LogP contribution is 2.11. The summed E-state index contributed by atoms with van der Waals surface area (Å²) in [5.41, 5.74) is 3.45. The Balaban J connectivity index is 2.15. The average molecular weight is 218 g/mol. The van der Waals surface area contributed by atoms with E-state index in [4.69, 9.17) is 0 Å². The lowest BCUT2D eigenvalue weighted by Crippen LogP contribution is -1.76. The quantitative estimate of drug-likeness (QED) is 0.631. The molecule has 0 heteroatoms. The number of rotatable bonds is 1.